The van der Waals surface area contributed by atoms with Crippen LogP contribution in [0, 0.1) is 0 Å². The average molecular weight is 232 g/mol. The van der Waals surface area contributed by atoms with Crippen molar-refractivity contribution in [2.45, 2.75) is 6.61 Å². The number of nitrogens with zero attached hydrogens (tertiary/aromatic N) is 1. The van der Waals surface area contributed by atoms with Crippen LogP contribution in [0.15, 0.2) is 35.1 Å². The van der Waals surface area contributed by atoms with E-state index in [9.17, 15) is 4.79 Å². The average Bonchev–Trinajstić information content (AvgIpc) is 2.27. The molecule has 0 saturated carbocycles. The predicted molar refractivity (Wildman–Crippen MR) is 64.5 cm³/mol. The van der Waals surface area contributed by atoms with Crippen LogP contribution in [0.4, 0.5) is 11.5 Å². The number of H-pyrrole nitrogens is 1. The Labute approximate surface area is 97.2 Å². The molecular weight excluding hydrogens is 220 g/mol. The molecule has 0 fully saturated rings. The van der Waals surface area contributed by atoms with Crippen molar-refractivity contribution in [1.29, 1.82) is 0 Å². The Morgan fingerprint density at radius 3 is 2.76 bits per heavy atom. The van der Waals surface area contributed by atoms with E-state index in [2.05, 4.69) is 9.97 Å². The maximum absolute atomic E-state index is 11.1. The molecule has 0 amide bonds. The second kappa shape index (κ2) is 4.56. The number of ether oxygens (including phenoxy) is 1. The van der Waals surface area contributed by atoms with Crippen molar-refractivity contribution in [1.82, 2.24) is 9.97 Å². The SMILES string of the molecule is Nc1cc(=O)[nH]c(COc2ccccc2N)n1. The highest BCUT2D eigenvalue weighted by atomic mass is 16.5. The van der Waals surface area contributed by atoms with Gasteiger partial charge in [0.1, 0.15) is 24.0 Å². The van der Waals surface area contributed by atoms with Gasteiger partial charge < -0.3 is 21.2 Å². The van der Waals surface area contributed by atoms with Crippen LogP contribution >= 0.6 is 0 Å². The largest absolute Gasteiger partial charge is 0.484 e. The highest BCUT2D eigenvalue weighted by Gasteiger charge is 2.02. The van der Waals surface area contributed by atoms with E-state index in [1.165, 1.54) is 6.07 Å². The van der Waals surface area contributed by atoms with E-state index in [0.717, 1.165) is 0 Å². The zero-order chi connectivity index (χ0) is 12.3. The number of anilines is 2. The van der Waals surface area contributed by atoms with Gasteiger partial charge in [-0.3, -0.25) is 4.79 Å². The van der Waals surface area contributed by atoms with Gasteiger partial charge in [-0.25, -0.2) is 4.98 Å². The van der Waals surface area contributed by atoms with Gasteiger partial charge in [0.25, 0.3) is 5.56 Å². The second-order valence-corrected chi connectivity index (χ2v) is 3.44. The van der Waals surface area contributed by atoms with Crippen molar-refractivity contribution in [3.8, 4) is 5.75 Å². The van der Waals surface area contributed by atoms with E-state index >= 15 is 0 Å². The molecule has 0 spiro atoms. The van der Waals surface area contributed by atoms with Crippen molar-refractivity contribution < 1.29 is 4.74 Å². The Morgan fingerprint density at radius 2 is 2.06 bits per heavy atom. The van der Waals surface area contributed by atoms with E-state index in [0.29, 0.717) is 17.3 Å². The van der Waals surface area contributed by atoms with Gasteiger partial charge in [-0.1, -0.05) is 12.1 Å². The molecular formula is C11H12N4O2. The summed E-state index contributed by atoms with van der Waals surface area (Å²) in [5.74, 6) is 1.06. The zero-order valence-corrected chi connectivity index (χ0v) is 9.01. The second-order valence-electron chi connectivity index (χ2n) is 3.44. The fraction of sp³-hybridized carbons (Fsp3) is 0.0909. The molecule has 17 heavy (non-hydrogen) atoms. The molecule has 0 aliphatic carbocycles. The zero-order valence-electron chi connectivity index (χ0n) is 9.01. The Bertz CT molecular complexity index is 580. The number of rotatable bonds is 3. The minimum Gasteiger partial charge on any atom is -0.484 e. The molecule has 0 bridgehead atoms. The molecule has 0 aliphatic rings. The normalized spacial score (nSPS) is 10.1. The monoisotopic (exact) mass is 232 g/mol. The van der Waals surface area contributed by atoms with E-state index in [4.69, 9.17) is 16.2 Å². The molecule has 6 heteroatoms. The van der Waals surface area contributed by atoms with Crippen molar-refractivity contribution in [3.05, 3.63) is 46.5 Å². The van der Waals surface area contributed by atoms with Gasteiger partial charge in [-0.15, -0.1) is 0 Å². The Kier molecular flexibility index (Phi) is 2.95. The summed E-state index contributed by atoms with van der Waals surface area (Å²) in [6, 6.07) is 8.29. The quantitative estimate of drug-likeness (QED) is 0.668. The van der Waals surface area contributed by atoms with Gasteiger partial charge in [0, 0.05) is 6.07 Å². The third-order valence-corrected chi connectivity index (χ3v) is 2.09. The topological polar surface area (TPSA) is 107 Å². The van der Waals surface area contributed by atoms with Crippen molar-refractivity contribution in [3.63, 3.8) is 0 Å². The maximum atomic E-state index is 11.1. The Hall–Kier alpha value is -2.50. The molecule has 88 valence electrons. The fourth-order valence-electron chi connectivity index (χ4n) is 1.36. The van der Waals surface area contributed by atoms with Gasteiger partial charge in [0.15, 0.2) is 0 Å². The van der Waals surface area contributed by atoms with Crippen LogP contribution in [-0.2, 0) is 6.61 Å². The molecule has 6 nitrogen and oxygen atoms in total. The van der Waals surface area contributed by atoms with Crippen LogP contribution in [0.1, 0.15) is 5.82 Å². The highest BCUT2D eigenvalue weighted by molar-refractivity contribution is 5.51. The van der Waals surface area contributed by atoms with Crippen LogP contribution in [0.5, 0.6) is 5.75 Å². The number of para-hydroxylation sites is 2. The molecule has 0 aliphatic heterocycles. The van der Waals surface area contributed by atoms with Crippen molar-refractivity contribution >= 4 is 11.5 Å². The number of nitrogen functional groups attached to an aromatic ring is 2. The van der Waals surface area contributed by atoms with E-state index in [-0.39, 0.29) is 18.0 Å². The Morgan fingerprint density at radius 1 is 1.29 bits per heavy atom. The number of hydrogen-bond donors (Lipinski definition) is 3. The summed E-state index contributed by atoms with van der Waals surface area (Å²) < 4.78 is 5.42. The lowest BCUT2D eigenvalue weighted by molar-refractivity contribution is 0.297. The summed E-state index contributed by atoms with van der Waals surface area (Å²) in [5.41, 5.74) is 11.4. The Balaban J connectivity index is 2.13. The van der Waals surface area contributed by atoms with E-state index in [1.807, 2.05) is 6.07 Å². The molecule has 1 aromatic heterocycles. The number of nitrogens with two attached hydrogens (primary N) is 2. The first-order valence-corrected chi connectivity index (χ1v) is 4.98. The van der Waals surface area contributed by atoms with Gasteiger partial charge in [-0.2, -0.15) is 0 Å². The third-order valence-electron chi connectivity index (χ3n) is 2.09. The van der Waals surface area contributed by atoms with Gasteiger partial charge in [0.05, 0.1) is 5.69 Å². The van der Waals surface area contributed by atoms with E-state index < -0.39 is 0 Å². The van der Waals surface area contributed by atoms with Crippen LogP contribution in [0.25, 0.3) is 0 Å². The number of aromatic amines is 1. The van der Waals surface area contributed by atoms with Gasteiger partial charge in [-0.05, 0) is 12.1 Å². The van der Waals surface area contributed by atoms with Crippen LogP contribution < -0.4 is 21.8 Å². The number of nitrogens with one attached hydrogen (secondary N) is 1. The number of aromatic nitrogens is 2. The molecule has 0 saturated heterocycles. The standard InChI is InChI=1S/C11H12N4O2/c12-7-3-1-2-4-8(7)17-6-10-14-9(13)5-11(16)15-10/h1-5H,6,12H2,(H3,13,14,15,16). The van der Waals surface area contributed by atoms with Gasteiger partial charge >= 0.3 is 0 Å². The lowest BCUT2D eigenvalue weighted by Crippen LogP contribution is -2.14. The van der Waals surface area contributed by atoms with E-state index in [1.54, 1.807) is 18.2 Å². The third kappa shape index (κ3) is 2.75. The van der Waals surface area contributed by atoms with Crippen LogP contribution in [0.3, 0.4) is 0 Å². The first-order valence-electron chi connectivity index (χ1n) is 4.98. The molecule has 2 aromatic rings. The first-order chi connectivity index (χ1) is 8.15. The first kappa shape index (κ1) is 11.0. The summed E-state index contributed by atoms with van der Waals surface area (Å²) >= 11 is 0. The predicted octanol–water partition coefficient (Wildman–Crippen LogP) is 0.513. The molecule has 1 aromatic carbocycles. The lowest BCUT2D eigenvalue weighted by Gasteiger charge is -2.07. The van der Waals surface area contributed by atoms with Crippen molar-refractivity contribution in [2.75, 3.05) is 11.5 Å². The molecule has 0 unspecified atom stereocenters. The van der Waals surface area contributed by atoms with Crippen LogP contribution in [-0.4, -0.2) is 9.97 Å². The summed E-state index contributed by atoms with van der Waals surface area (Å²) in [6.07, 6.45) is 0. The molecule has 5 N–H and O–H groups in total. The molecule has 0 radical (unpaired) electrons. The summed E-state index contributed by atoms with van der Waals surface area (Å²) in [7, 11) is 0. The molecule has 2 rings (SSSR count). The highest BCUT2D eigenvalue weighted by Crippen LogP contribution is 2.20. The van der Waals surface area contributed by atoms with Gasteiger partial charge in [0.2, 0.25) is 0 Å². The number of hydrogen-bond acceptors (Lipinski definition) is 5. The minimum absolute atomic E-state index is 0.106. The lowest BCUT2D eigenvalue weighted by atomic mass is 10.3. The molecule has 0 atom stereocenters. The van der Waals surface area contributed by atoms with Crippen molar-refractivity contribution in [2.24, 2.45) is 0 Å². The smallest absolute Gasteiger partial charge is 0.253 e. The fourth-order valence-corrected chi connectivity index (χ4v) is 1.36. The summed E-state index contributed by atoms with van der Waals surface area (Å²) in [5, 5.41) is 0. The maximum Gasteiger partial charge on any atom is 0.253 e. The summed E-state index contributed by atoms with van der Waals surface area (Å²) in [6.45, 7) is 0.106. The number of benzene rings is 1. The molecule has 1 heterocycles. The minimum atomic E-state index is -0.308. The van der Waals surface area contributed by atoms with Crippen LogP contribution in [0.2, 0.25) is 0 Å². The summed E-state index contributed by atoms with van der Waals surface area (Å²) in [4.78, 5) is 17.6.